The second kappa shape index (κ2) is 8.49. The molecule has 2 heterocycles. The fourth-order valence-electron chi connectivity index (χ4n) is 3.22. The summed E-state index contributed by atoms with van der Waals surface area (Å²) >= 11 is 0. The van der Waals surface area contributed by atoms with Gasteiger partial charge in [0.05, 0.1) is 11.9 Å². The minimum atomic E-state index is -4.84. The smallest absolute Gasteiger partial charge is 0.406 e. The molecule has 0 atom stereocenters. The van der Waals surface area contributed by atoms with E-state index in [1.165, 1.54) is 25.2 Å². The van der Waals surface area contributed by atoms with Gasteiger partial charge in [-0.1, -0.05) is 30.3 Å². The Morgan fingerprint density at radius 2 is 1.73 bits per heavy atom. The molecule has 33 heavy (non-hydrogen) atoms. The molecule has 0 saturated carbocycles. The maximum absolute atomic E-state index is 13.7. The van der Waals surface area contributed by atoms with Crippen LogP contribution in [0.3, 0.4) is 0 Å². The number of anilines is 1. The minimum Gasteiger partial charge on any atom is -0.406 e. The van der Waals surface area contributed by atoms with Crippen molar-refractivity contribution in [2.75, 3.05) is 11.9 Å². The van der Waals surface area contributed by atoms with Crippen LogP contribution < -0.4 is 9.64 Å². The highest BCUT2D eigenvalue weighted by molar-refractivity contribution is 6.09. The van der Waals surface area contributed by atoms with Crippen molar-refractivity contribution in [1.29, 1.82) is 0 Å². The van der Waals surface area contributed by atoms with Crippen molar-refractivity contribution in [3.05, 3.63) is 78.1 Å². The topological polar surface area (TPSA) is 59.7 Å². The van der Waals surface area contributed by atoms with Gasteiger partial charge in [0.25, 0.3) is 12.3 Å². The van der Waals surface area contributed by atoms with Crippen molar-refractivity contribution in [3.8, 4) is 17.0 Å². The second-order valence-electron chi connectivity index (χ2n) is 6.93. The van der Waals surface area contributed by atoms with Crippen LogP contribution in [-0.4, -0.2) is 33.9 Å². The van der Waals surface area contributed by atoms with Crippen LogP contribution in [0, 0.1) is 0 Å². The standard InChI is InChI=1S/C22H15F5N4O2/c1-30(14-7-9-15(10-8-14)33-22(25,26)27)21(32)16-12-28-31-18(19(23)24)11-17(29-20(16)31)13-5-3-2-4-6-13/h2-12,19H,1H3. The van der Waals surface area contributed by atoms with Gasteiger partial charge >= 0.3 is 6.36 Å². The average molecular weight is 462 g/mol. The predicted octanol–water partition coefficient (Wildman–Crippen LogP) is 5.51. The molecule has 170 valence electrons. The molecule has 0 unspecified atom stereocenters. The molecule has 2 aromatic heterocycles. The molecule has 11 heteroatoms. The monoisotopic (exact) mass is 462 g/mol. The van der Waals surface area contributed by atoms with E-state index < -0.39 is 30.1 Å². The molecule has 0 spiro atoms. The Kier molecular flexibility index (Phi) is 5.71. The van der Waals surface area contributed by atoms with Crippen molar-refractivity contribution < 1.29 is 31.5 Å². The molecule has 0 fully saturated rings. The van der Waals surface area contributed by atoms with Crippen LogP contribution in [-0.2, 0) is 0 Å². The third-order valence-electron chi connectivity index (χ3n) is 4.79. The lowest BCUT2D eigenvalue weighted by atomic mass is 10.1. The van der Waals surface area contributed by atoms with Gasteiger partial charge in [-0.3, -0.25) is 4.79 Å². The van der Waals surface area contributed by atoms with E-state index in [0.29, 0.717) is 5.56 Å². The number of fused-ring (bicyclic) bond motifs is 1. The molecule has 0 saturated heterocycles. The summed E-state index contributed by atoms with van der Waals surface area (Å²) in [6.07, 6.45) is -6.59. The van der Waals surface area contributed by atoms with Crippen LogP contribution in [0.5, 0.6) is 5.75 Å². The summed E-state index contributed by atoms with van der Waals surface area (Å²) in [6.45, 7) is 0. The first-order valence-corrected chi connectivity index (χ1v) is 9.50. The van der Waals surface area contributed by atoms with E-state index in [1.54, 1.807) is 30.3 Å². The summed E-state index contributed by atoms with van der Waals surface area (Å²) in [5, 5.41) is 3.91. The van der Waals surface area contributed by atoms with Gasteiger partial charge in [0.2, 0.25) is 0 Å². The molecule has 0 aliphatic rings. The highest BCUT2D eigenvalue weighted by Crippen LogP contribution is 2.29. The fraction of sp³-hybridized carbons (Fsp3) is 0.136. The van der Waals surface area contributed by atoms with E-state index in [4.69, 9.17) is 0 Å². The summed E-state index contributed by atoms with van der Waals surface area (Å²) in [5.41, 5.74) is 0.518. The largest absolute Gasteiger partial charge is 0.573 e. The maximum Gasteiger partial charge on any atom is 0.573 e. The molecule has 1 amide bonds. The second-order valence-corrected chi connectivity index (χ2v) is 6.93. The molecule has 4 rings (SSSR count). The molecule has 6 nitrogen and oxygen atoms in total. The van der Waals surface area contributed by atoms with E-state index in [1.807, 2.05) is 0 Å². The zero-order valence-corrected chi connectivity index (χ0v) is 16.9. The van der Waals surface area contributed by atoms with Gasteiger partial charge in [-0.15, -0.1) is 13.2 Å². The predicted molar refractivity (Wildman–Crippen MR) is 109 cm³/mol. The molecule has 0 radical (unpaired) electrons. The van der Waals surface area contributed by atoms with Gasteiger partial charge in [-0.05, 0) is 30.3 Å². The lowest BCUT2D eigenvalue weighted by Gasteiger charge is -2.17. The summed E-state index contributed by atoms with van der Waals surface area (Å²) < 4.78 is 69.2. The lowest BCUT2D eigenvalue weighted by molar-refractivity contribution is -0.274. The number of hydrogen-bond donors (Lipinski definition) is 0. The zero-order valence-electron chi connectivity index (χ0n) is 16.9. The molecule has 0 N–H and O–H groups in total. The summed E-state index contributed by atoms with van der Waals surface area (Å²) in [7, 11) is 1.39. The molecule has 2 aromatic carbocycles. The fourth-order valence-corrected chi connectivity index (χ4v) is 3.22. The highest BCUT2D eigenvalue weighted by atomic mass is 19.4. The molecule has 0 aliphatic heterocycles. The van der Waals surface area contributed by atoms with Crippen molar-refractivity contribution in [3.63, 3.8) is 0 Å². The summed E-state index contributed by atoms with van der Waals surface area (Å²) in [6, 6.07) is 14.5. The number of ether oxygens (including phenoxy) is 1. The first-order chi connectivity index (χ1) is 15.6. The first kappa shape index (κ1) is 22.2. The van der Waals surface area contributed by atoms with Gasteiger partial charge in [-0.2, -0.15) is 5.10 Å². The number of hydrogen-bond acceptors (Lipinski definition) is 4. The Labute approximate surface area is 183 Å². The van der Waals surface area contributed by atoms with Crippen molar-refractivity contribution >= 4 is 17.2 Å². The highest BCUT2D eigenvalue weighted by Gasteiger charge is 2.31. The first-order valence-electron chi connectivity index (χ1n) is 9.50. The van der Waals surface area contributed by atoms with Crippen LogP contribution in [0.15, 0.2) is 66.9 Å². The van der Waals surface area contributed by atoms with E-state index in [-0.39, 0.29) is 22.6 Å². The van der Waals surface area contributed by atoms with Crippen molar-refractivity contribution in [2.45, 2.75) is 12.8 Å². The van der Waals surface area contributed by atoms with Crippen molar-refractivity contribution in [1.82, 2.24) is 14.6 Å². The van der Waals surface area contributed by atoms with E-state index in [0.717, 1.165) is 27.7 Å². The summed E-state index contributed by atoms with van der Waals surface area (Å²) in [4.78, 5) is 18.6. The number of carbonyl (C=O) groups excluding carboxylic acids is 1. The number of alkyl halides is 5. The third kappa shape index (κ3) is 4.61. The van der Waals surface area contributed by atoms with Crippen molar-refractivity contribution in [2.24, 2.45) is 0 Å². The van der Waals surface area contributed by atoms with Gasteiger partial charge < -0.3 is 9.64 Å². The van der Waals surface area contributed by atoms with E-state index in [9.17, 15) is 26.7 Å². The maximum atomic E-state index is 13.7. The Balaban J connectivity index is 1.72. The molecule has 0 bridgehead atoms. The third-order valence-corrected chi connectivity index (χ3v) is 4.79. The van der Waals surface area contributed by atoms with Gasteiger partial charge in [0.1, 0.15) is 17.0 Å². The number of nitrogens with zero attached hydrogens (tertiary/aromatic N) is 4. The van der Waals surface area contributed by atoms with Crippen LogP contribution in [0.1, 0.15) is 22.5 Å². The lowest BCUT2D eigenvalue weighted by Crippen LogP contribution is -2.26. The Morgan fingerprint density at radius 3 is 2.33 bits per heavy atom. The van der Waals surface area contributed by atoms with Gasteiger partial charge in [0, 0.05) is 18.3 Å². The average Bonchev–Trinajstić information content (AvgIpc) is 3.21. The number of carbonyl (C=O) groups is 1. The zero-order chi connectivity index (χ0) is 23.8. The van der Waals surface area contributed by atoms with E-state index >= 15 is 0 Å². The quantitative estimate of drug-likeness (QED) is 0.367. The van der Waals surface area contributed by atoms with Gasteiger partial charge in [0.15, 0.2) is 5.65 Å². The molecular formula is C22H15F5N4O2. The number of rotatable bonds is 5. The normalized spacial score (nSPS) is 11.7. The van der Waals surface area contributed by atoms with Crippen LogP contribution in [0.2, 0.25) is 0 Å². The molecular weight excluding hydrogens is 447 g/mol. The SMILES string of the molecule is CN(C(=O)c1cnn2c(C(F)F)cc(-c3ccccc3)nc12)c1ccc(OC(F)(F)F)cc1. The van der Waals surface area contributed by atoms with Crippen LogP contribution in [0.25, 0.3) is 16.9 Å². The van der Waals surface area contributed by atoms with Crippen LogP contribution in [0.4, 0.5) is 27.6 Å². The van der Waals surface area contributed by atoms with Crippen LogP contribution >= 0.6 is 0 Å². The number of aromatic nitrogens is 3. The minimum absolute atomic E-state index is 0.0483. The van der Waals surface area contributed by atoms with E-state index in [2.05, 4.69) is 14.8 Å². The molecule has 4 aromatic rings. The number of amides is 1. The Morgan fingerprint density at radius 1 is 1.06 bits per heavy atom. The number of benzene rings is 2. The number of halogens is 5. The summed E-state index contributed by atoms with van der Waals surface area (Å²) in [5.74, 6) is -1.08. The van der Waals surface area contributed by atoms with Gasteiger partial charge in [-0.25, -0.2) is 18.3 Å². The Hall–Kier alpha value is -4.02. The molecule has 0 aliphatic carbocycles. The Bertz CT molecular complexity index is 1290.